The summed E-state index contributed by atoms with van der Waals surface area (Å²) in [5, 5.41) is 2.63. The van der Waals surface area contributed by atoms with Crippen LogP contribution in [0.5, 0.6) is 5.75 Å². The number of anilines is 1. The minimum atomic E-state index is -0.590. The highest BCUT2D eigenvalue weighted by molar-refractivity contribution is 9.10. The van der Waals surface area contributed by atoms with E-state index in [-0.39, 0.29) is 12.3 Å². The molecule has 0 aliphatic carbocycles. The van der Waals surface area contributed by atoms with Crippen LogP contribution in [-0.4, -0.2) is 30.1 Å². The second-order valence-corrected chi connectivity index (χ2v) is 5.23. The molecular formula is C15H15BrN2O4. The summed E-state index contributed by atoms with van der Waals surface area (Å²) in [6, 6.07) is 8.51. The number of H-pyrrole nitrogens is 1. The number of ether oxygens (including phenoxy) is 2. The Morgan fingerprint density at radius 1 is 1.27 bits per heavy atom. The van der Waals surface area contributed by atoms with Crippen molar-refractivity contribution in [3.63, 3.8) is 0 Å². The van der Waals surface area contributed by atoms with Crippen LogP contribution >= 0.6 is 15.9 Å². The number of rotatable bonds is 6. The summed E-state index contributed by atoms with van der Waals surface area (Å²) < 4.78 is 11.0. The Labute approximate surface area is 135 Å². The molecular weight excluding hydrogens is 352 g/mol. The molecule has 1 heterocycles. The normalized spacial score (nSPS) is 10.1. The number of carbonyl (C=O) groups is 2. The minimum absolute atomic E-state index is 0.278. The third-order valence-corrected chi connectivity index (χ3v) is 3.11. The van der Waals surface area contributed by atoms with Gasteiger partial charge in [-0.1, -0.05) is 0 Å². The van der Waals surface area contributed by atoms with Gasteiger partial charge in [-0.2, -0.15) is 0 Å². The van der Waals surface area contributed by atoms with Crippen LogP contribution in [0.1, 0.15) is 17.4 Å². The van der Waals surface area contributed by atoms with Crippen LogP contribution in [0, 0.1) is 0 Å². The second-order valence-electron chi connectivity index (χ2n) is 4.31. The lowest BCUT2D eigenvalue weighted by molar-refractivity contribution is -0.119. The Hall–Kier alpha value is -2.28. The molecule has 22 heavy (non-hydrogen) atoms. The van der Waals surface area contributed by atoms with E-state index in [0.29, 0.717) is 12.3 Å². The average molecular weight is 367 g/mol. The molecule has 1 aromatic heterocycles. The summed E-state index contributed by atoms with van der Waals surface area (Å²) in [6.45, 7) is 2.12. The highest BCUT2D eigenvalue weighted by Crippen LogP contribution is 2.15. The van der Waals surface area contributed by atoms with Crippen molar-refractivity contribution in [3.05, 3.63) is 46.7 Å². The first kappa shape index (κ1) is 16.1. The Morgan fingerprint density at radius 3 is 2.59 bits per heavy atom. The topological polar surface area (TPSA) is 80.4 Å². The standard InChI is InChI=1S/C15H15BrN2O4/c1-2-21-12-5-3-11(4-6-12)18-14(19)9-22-15(20)13-7-10(16)8-17-13/h3-8,17H,2,9H2,1H3,(H,18,19). The van der Waals surface area contributed by atoms with Crippen molar-refractivity contribution in [3.8, 4) is 5.75 Å². The van der Waals surface area contributed by atoms with Crippen molar-refractivity contribution in [2.75, 3.05) is 18.5 Å². The zero-order valence-electron chi connectivity index (χ0n) is 11.9. The van der Waals surface area contributed by atoms with Crippen LogP contribution in [0.4, 0.5) is 5.69 Å². The highest BCUT2D eigenvalue weighted by atomic mass is 79.9. The molecule has 0 unspecified atom stereocenters. The molecule has 0 spiro atoms. The maximum absolute atomic E-state index is 11.7. The molecule has 0 aliphatic rings. The molecule has 7 heteroatoms. The Kier molecular flexibility index (Phi) is 5.60. The predicted octanol–water partition coefficient (Wildman–Crippen LogP) is 2.97. The van der Waals surface area contributed by atoms with E-state index in [1.807, 2.05) is 6.92 Å². The van der Waals surface area contributed by atoms with Crippen molar-refractivity contribution in [1.29, 1.82) is 0 Å². The van der Waals surface area contributed by atoms with Gasteiger partial charge in [0.05, 0.1) is 6.61 Å². The first-order chi connectivity index (χ1) is 10.6. The van der Waals surface area contributed by atoms with Crippen molar-refractivity contribution in [2.24, 2.45) is 0 Å². The molecule has 0 aliphatic heterocycles. The molecule has 2 aromatic rings. The summed E-state index contributed by atoms with van der Waals surface area (Å²) in [6.07, 6.45) is 1.61. The van der Waals surface area contributed by atoms with Crippen LogP contribution in [-0.2, 0) is 9.53 Å². The summed E-state index contributed by atoms with van der Waals surface area (Å²) >= 11 is 3.21. The van der Waals surface area contributed by atoms with Crippen molar-refractivity contribution in [2.45, 2.75) is 6.92 Å². The van der Waals surface area contributed by atoms with Gasteiger partial charge in [0.2, 0.25) is 0 Å². The molecule has 1 aromatic carbocycles. The van der Waals surface area contributed by atoms with Crippen molar-refractivity contribution in [1.82, 2.24) is 4.98 Å². The van der Waals surface area contributed by atoms with E-state index in [2.05, 4.69) is 26.2 Å². The lowest BCUT2D eigenvalue weighted by Crippen LogP contribution is -2.21. The average Bonchev–Trinajstić information content (AvgIpc) is 2.94. The van der Waals surface area contributed by atoms with Gasteiger partial charge < -0.3 is 19.8 Å². The van der Waals surface area contributed by atoms with Crippen LogP contribution in [0.15, 0.2) is 41.0 Å². The van der Waals surface area contributed by atoms with Gasteiger partial charge in [-0.05, 0) is 53.2 Å². The third-order valence-electron chi connectivity index (χ3n) is 2.65. The second kappa shape index (κ2) is 7.65. The zero-order valence-corrected chi connectivity index (χ0v) is 13.5. The predicted molar refractivity (Wildman–Crippen MR) is 85.0 cm³/mol. The summed E-state index contributed by atoms with van der Waals surface area (Å²) in [4.78, 5) is 26.1. The van der Waals surface area contributed by atoms with Crippen molar-refractivity contribution >= 4 is 33.5 Å². The van der Waals surface area contributed by atoms with Gasteiger partial charge in [0.15, 0.2) is 6.61 Å². The van der Waals surface area contributed by atoms with Crippen molar-refractivity contribution < 1.29 is 19.1 Å². The first-order valence-corrected chi connectivity index (χ1v) is 7.41. The van der Waals surface area contributed by atoms with Crippen LogP contribution in [0.25, 0.3) is 0 Å². The fourth-order valence-electron chi connectivity index (χ4n) is 1.69. The minimum Gasteiger partial charge on any atom is -0.494 e. The number of amides is 1. The number of aromatic nitrogens is 1. The van der Waals surface area contributed by atoms with Gasteiger partial charge in [0, 0.05) is 16.4 Å². The Balaban J connectivity index is 1.81. The van der Waals surface area contributed by atoms with Gasteiger partial charge >= 0.3 is 5.97 Å². The third kappa shape index (κ3) is 4.63. The van der Waals surface area contributed by atoms with Gasteiger partial charge in [0.25, 0.3) is 5.91 Å². The number of benzene rings is 1. The quantitative estimate of drug-likeness (QED) is 0.770. The molecule has 0 bridgehead atoms. The molecule has 116 valence electrons. The molecule has 2 rings (SSSR count). The van der Waals surface area contributed by atoms with Gasteiger partial charge in [-0.25, -0.2) is 4.79 Å². The summed E-state index contributed by atoms with van der Waals surface area (Å²) in [7, 11) is 0. The molecule has 0 atom stereocenters. The highest BCUT2D eigenvalue weighted by Gasteiger charge is 2.12. The number of hydrogen-bond donors (Lipinski definition) is 2. The first-order valence-electron chi connectivity index (χ1n) is 6.62. The summed E-state index contributed by atoms with van der Waals surface area (Å²) in [5.74, 6) is -0.278. The Bertz CT molecular complexity index is 652. The molecule has 0 radical (unpaired) electrons. The molecule has 0 saturated heterocycles. The fourth-order valence-corrected chi connectivity index (χ4v) is 2.04. The van der Waals surface area contributed by atoms with E-state index in [1.54, 1.807) is 36.5 Å². The molecule has 6 nitrogen and oxygen atoms in total. The van der Waals surface area contributed by atoms with E-state index in [4.69, 9.17) is 9.47 Å². The maximum atomic E-state index is 11.7. The van der Waals surface area contributed by atoms with E-state index in [0.717, 1.165) is 10.2 Å². The number of halogens is 1. The van der Waals surface area contributed by atoms with Gasteiger partial charge in [0.1, 0.15) is 11.4 Å². The lowest BCUT2D eigenvalue weighted by atomic mass is 10.3. The summed E-state index contributed by atoms with van der Waals surface area (Å²) in [5.41, 5.74) is 0.882. The maximum Gasteiger partial charge on any atom is 0.355 e. The van der Waals surface area contributed by atoms with Crippen LogP contribution in [0.2, 0.25) is 0 Å². The van der Waals surface area contributed by atoms with Crippen LogP contribution < -0.4 is 10.1 Å². The van der Waals surface area contributed by atoms with Crippen LogP contribution in [0.3, 0.4) is 0 Å². The van der Waals surface area contributed by atoms with Gasteiger partial charge in [-0.3, -0.25) is 4.79 Å². The number of hydrogen-bond acceptors (Lipinski definition) is 4. The lowest BCUT2D eigenvalue weighted by Gasteiger charge is -2.07. The van der Waals surface area contributed by atoms with E-state index >= 15 is 0 Å². The van der Waals surface area contributed by atoms with E-state index < -0.39 is 11.9 Å². The largest absolute Gasteiger partial charge is 0.494 e. The monoisotopic (exact) mass is 366 g/mol. The molecule has 1 amide bonds. The fraction of sp³-hybridized carbons (Fsp3) is 0.200. The van der Waals surface area contributed by atoms with E-state index in [1.165, 1.54) is 0 Å². The smallest absolute Gasteiger partial charge is 0.355 e. The molecule has 0 fully saturated rings. The van der Waals surface area contributed by atoms with E-state index in [9.17, 15) is 9.59 Å². The molecule has 2 N–H and O–H groups in total. The van der Waals surface area contributed by atoms with Gasteiger partial charge in [-0.15, -0.1) is 0 Å². The molecule has 0 saturated carbocycles. The number of aromatic amines is 1. The number of esters is 1. The zero-order chi connectivity index (χ0) is 15.9. The SMILES string of the molecule is CCOc1ccc(NC(=O)COC(=O)c2cc(Br)c[nH]2)cc1. The Morgan fingerprint density at radius 2 is 2.00 bits per heavy atom. The number of carbonyl (C=O) groups excluding carboxylic acids is 2. The number of nitrogens with one attached hydrogen (secondary N) is 2.